The summed E-state index contributed by atoms with van der Waals surface area (Å²) in [5, 5.41) is 3.48. The Balaban J connectivity index is 1.59. The smallest absolute Gasteiger partial charge is 0.318 e. The van der Waals surface area contributed by atoms with Gasteiger partial charge >= 0.3 is 6.03 Å². The molecule has 1 saturated heterocycles. The molecule has 1 aliphatic rings. The predicted octanol–water partition coefficient (Wildman–Crippen LogP) is 3.80. The van der Waals surface area contributed by atoms with Crippen LogP contribution in [0.15, 0.2) is 53.4 Å². The Hall–Kier alpha value is -2.20. The number of hydrogen-bond donors (Lipinski definition) is 1. The van der Waals surface area contributed by atoms with E-state index in [9.17, 15) is 17.6 Å². The number of nitrogens with zero attached hydrogens (tertiary/aromatic N) is 3. The summed E-state index contributed by atoms with van der Waals surface area (Å²) in [6, 6.07) is 12.1. The number of halogens is 2. The van der Waals surface area contributed by atoms with Gasteiger partial charge in [0.25, 0.3) is 0 Å². The van der Waals surface area contributed by atoms with E-state index in [4.69, 9.17) is 11.6 Å². The number of carbonyl (C=O) groups is 1. The molecule has 1 N–H and O–H groups in total. The van der Waals surface area contributed by atoms with E-state index in [0.29, 0.717) is 50.8 Å². The second kappa shape index (κ2) is 11.0. The fourth-order valence-corrected chi connectivity index (χ4v) is 5.22. The van der Waals surface area contributed by atoms with E-state index in [0.717, 1.165) is 5.56 Å². The van der Waals surface area contributed by atoms with Gasteiger partial charge in [-0.1, -0.05) is 23.7 Å². The first-order valence-electron chi connectivity index (χ1n) is 11.2. The number of piperazine rings is 1. The Morgan fingerprint density at radius 2 is 1.62 bits per heavy atom. The average molecular weight is 511 g/mol. The molecular formula is C24H32ClFN4O3S. The van der Waals surface area contributed by atoms with Crippen molar-refractivity contribution in [2.24, 2.45) is 0 Å². The fraction of sp³-hybridized carbons (Fsp3) is 0.458. The van der Waals surface area contributed by atoms with Crippen LogP contribution in [0.1, 0.15) is 26.3 Å². The molecule has 0 aliphatic carbocycles. The zero-order valence-electron chi connectivity index (χ0n) is 19.8. The Labute approximate surface area is 206 Å². The number of amides is 2. The molecule has 2 aromatic carbocycles. The lowest BCUT2D eigenvalue weighted by Crippen LogP contribution is -2.52. The number of carbonyl (C=O) groups excluding carboxylic acids is 1. The van der Waals surface area contributed by atoms with Crippen LogP contribution >= 0.6 is 11.6 Å². The Morgan fingerprint density at radius 1 is 1.03 bits per heavy atom. The van der Waals surface area contributed by atoms with E-state index >= 15 is 0 Å². The lowest BCUT2D eigenvalue weighted by Gasteiger charge is -2.35. The van der Waals surface area contributed by atoms with E-state index < -0.39 is 10.0 Å². The van der Waals surface area contributed by atoms with Crippen molar-refractivity contribution >= 4 is 27.7 Å². The van der Waals surface area contributed by atoms with Gasteiger partial charge in [-0.2, -0.15) is 4.31 Å². The minimum Gasteiger partial charge on any atom is -0.333 e. The molecule has 7 nitrogen and oxygen atoms in total. The van der Waals surface area contributed by atoms with Crippen molar-refractivity contribution in [3.63, 3.8) is 0 Å². The van der Waals surface area contributed by atoms with Gasteiger partial charge in [-0.3, -0.25) is 4.90 Å². The summed E-state index contributed by atoms with van der Waals surface area (Å²) in [5.41, 5.74) is 0.448. The molecule has 0 spiro atoms. The second-order valence-electron chi connectivity index (χ2n) is 9.43. The molecule has 0 radical (unpaired) electrons. The van der Waals surface area contributed by atoms with Crippen molar-refractivity contribution in [2.45, 2.75) is 37.8 Å². The lowest BCUT2D eigenvalue weighted by atomic mass is 10.1. The Kier molecular flexibility index (Phi) is 8.57. The summed E-state index contributed by atoms with van der Waals surface area (Å²) >= 11 is 5.88. The van der Waals surface area contributed by atoms with Crippen molar-refractivity contribution in [3.05, 3.63) is 64.9 Å². The molecule has 0 saturated carbocycles. The van der Waals surface area contributed by atoms with E-state index in [1.165, 1.54) is 28.6 Å². The molecular weight excluding hydrogens is 479 g/mol. The molecule has 1 aliphatic heterocycles. The third-order valence-corrected chi connectivity index (χ3v) is 7.69. The molecule has 0 bridgehead atoms. The minimum atomic E-state index is -3.57. The summed E-state index contributed by atoms with van der Waals surface area (Å²) in [4.78, 5) is 17.0. The van der Waals surface area contributed by atoms with Gasteiger partial charge in [-0.25, -0.2) is 17.6 Å². The van der Waals surface area contributed by atoms with Crippen LogP contribution in [0.5, 0.6) is 0 Å². The molecule has 186 valence electrons. The molecule has 3 rings (SSSR count). The first kappa shape index (κ1) is 26.4. The van der Waals surface area contributed by atoms with Gasteiger partial charge in [0.05, 0.1) is 4.90 Å². The number of rotatable bonds is 7. The number of hydrogen-bond acceptors (Lipinski definition) is 4. The SMILES string of the molecule is CC(C)(C)NC(=O)N(CCN1CCN(S(=O)(=O)c2ccc(Cl)cc2)CC1)Cc1ccc(F)cc1. The molecule has 0 aromatic heterocycles. The van der Waals surface area contributed by atoms with Crippen LogP contribution in [-0.4, -0.2) is 73.4 Å². The number of benzene rings is 2. The fourth-order valence-electron chi connectivity index (χ4n) is 3.67. The third kappa shape index (κ3) is 7.40. The van der Waals surface area contributed by atoms with Crippen LogP contribution in [-0.2, 0) is 16.6 Å². The second-order valence-corrected chi connectivity index (χ2v) is 11.8. The Bertz CT molecular complexity index is 1060. The highest BCUT2D eigenvalue weighted by molar-refractivity contribution is 7.89. The van der Waals surface area contributed by atoms with Crippen LogP contribution in [0.25, 0.3) is 0 Å². The zero-order chi connectivity index (χ0) is 24.9. The third-order valence-electron chi connectivity index (χ3n) is 5.52. The van der Waals surface area contributed by atoms with Crippen molar-refractivity contribution in [3.8, 4) is 0 Å². The molecule has 0 unspecified atom stereocenters. The van der Waals surface area contributed by atoms with Crippen molar-refractivity contribution in [1.29, 1.82) is 0 Å². The predicted molar refractivity (Wildman–Crippen MR) is 132 cm³/mol. The molecule has 1 fully saturated rings. The molecule has 2 aromatic rings. The van der Waals surface area contributed by atoms with Crippen LogP contribution in [0.4, 0.5) is 9.18 Å². The molecule has 0 atom stereocenters. The van der Waals surface area contributed by atoms with Crippen molar-refractivity contribution in [1.82, 2.24) is 19.4 Å². The zero-order valence-corrected chi connectivity index (χ0v) is 21.4. The van der Waals surface area contributed by atoms with Crippen molar-refractivity contribution < 1.29 is 17.6 Å². The number of sulfonamides is 1. The van der Waals surface area contributed by atoms with Gasteiger partial charge < -0.3 is 10.2 Å². The highest BCUT2D eigenvalue weighted by Crippen LogP contribution is 2.20. The minimum absolute atomic E-state index is 0.194. The normalized spacial score (nSPS) is 15.8. The van der Waals surface area contributed by atoms with Gasteiger partial charge in [-0.05, 0) is 62.7 Å². The van der Waals surface area contributed by atoms with Gasteiger partial charge in [0.1, 0.15) is 5.82 Å². The summed E-state index contributed by atoms with van der Waals surface area (Å²) in [7, 11) is -3.57. The highest BCUT2D eigenvalue weighted by Gasteiger charge is 2.29. The quantitative estimate of drug-likeness (QED) is 0.615. The summed E-state index contributed by atoms with van der Waals surface area (Å²) in [6.07, 6.45) is 0. The van der Waals surface area contributed by atoms with Gasteiger partial charge in [0, 0.05) is 56.4 Å². The van der Waals surface area contributed by atoms with E-state index in [1.807, 2.05) is 20.8 Å². The topological polar surface area (TPSA) is 73.0 Å². The molecule has 1 heterocycles. The van der Waals surface area contributed by atoms with E-state index in [2.05, 4.69) is 10.2 Å². The van der Waals surface area contributed by atoms with Crippen LogP contribution in [0.3, 0.4) is 0 Å². The monoisotopic (exact) mass is 510 g/mol. The first-order chi connectivity index (χ1) is 15.9. The van der Waals surface area contributed by atoms with Gasteiger partial charge in [0.2, 0.25) is 10.0 Å². The summed E-state index contributed by atoms with van der Waals surface area (Å²) in [5.74, 6) is -0.319. The van der Waals surface area contributed by atoms with Gasteiger partial charge in [-0.15, -0.1) is 0 Å². The standard InChI is InChI=1S/C24H32ClFN4O3S/c1-24(2,3)27-23(31)29(18-19-4-8-21(26)9-5-19)15-12-28-13-16-30(17-14-28)34(32,33)22-10-6-20(25)7-11-22/h4-11H,12-18H2,1-3H3,(H,27,31). The van der Waals surface area contributed by atoms with Crippen LogP contribution < -0.4 is 5.32 Å². The Morgan fingerprint density at radius 3 is 2.18 bits per heavy atom. The maximum absolute atomic E-state index is 13.3. The molecule has 2 amide bonds. The van der Waals surface area contributed by atoms with Crippen LogP contribution in [0.2, 0.25) is 5.02 Å². The van der Waals surface area contributed by atoms with E-state index in [-0.39, 0.29) is 22.3 Å². The molecule has 10 heteroatoms. The maximum Gasteiger partial charge on any atom is 0.318 e. The molecule has 34 heavy (non-hydrogen) atoms. The summed E-state index contributed by atoms with van der Waals surface area (Å²) < 4.78 is 40.6. The first-order valence-corrected chi connectivity index (χ1v) is 13.1. The summed E-state index contributed by atoms with van der Waals surface area (Å²) in [6.45, 7) is 9.05. The van der Waals surface area contributed by atoms with Crippen LogP contribution in [0, 0.1) is 5.82 Å². The largest absolute Gasteiger partial charge is 0.333 e. The highest BCUT2D eigenvalue weighted by atomic mass is 35.5. The number of nitrogens with one attached hydrogen (secondary N) is 1. The number of urea groups is 1. The lowest BCUT2D eigenvalue weighted by molar-refractivity contribution is 0.152. The van der Waals surface area contributed by atoms with Crippen molar-refractivity contribution in [2.75, 3.05) is 39.3 Å². The average Bonchev–Trinajstić information content (AvgIpc) is 2.77. The maximum atomic E-state index is 13.3. The van der Waals surface area contributed by atoms with E-state index in [1.54, 1.807) is 29.2 Å². The van der Waals surface area contributed by atoms with Gasteiger partial charge in [0.15, 0.2) is 0 Å².